The minimum atomic E-state index is -0.307. The first-order valence-corrected chi connectivity index (χ1v) is 9.45. The maximum Gasteiger partial charge on any atom is 0.227 e. The van der Waals surface area contributed by atoms with Gasteiger partial charge in [0, 0.05) is 43.2 Å². The van der Waals surface area contributed by atoms with E-state index < -0.39 is 0 Å². The fourth-order valence-electron chi connectivity index (χ4n) is 4.22. The predicted octanol–water partition coefficient (Wildman–Crippen LogP) is 3.03. The highest BCUT2D eigenvalue weighted by molar-refractivity contribution is 5.96. The highest BCUT2D eigenvalue weighted by atomic mass is 19.1. The average Bonchev–Trinajstić information content (AvgIpc) is 3.26. The van der Waals surface area contributed by atoms with Gasteiger partial charge in [-0.1, -0.05) is 18.2 Å². The second-order valence-corrected chi connectivity index (χ2v) is 7.73. The lowest BCUT2D eigenvalue weighted by molar-refractivity contribution is -0.130. The molecule has 0 radical (unpaired) electrons. The van der Waals surface area contributed by atoms with Gasteiger partial charge in [-0.25, -0.2) is 4.39 Å². The van der Waals surface area contributed by atoms with Crippen LogP contribution in [0.3, 0.4) is 0 Å². The minimum absolute atomic E-state index is 0.0239. The molecule has 2 aromatic rings. The van der Waals surface area contributed by atoms with Gasteiger partial charge in [0.25, 0.3) is 0 Å². The first-order chi connectivity index (χ1) is 13.5. The van der Waals surface area contributed by atoms with Gasteiger partial charge >= 0.3 is 0 Å². The molecule has 2 aromatic carbocycles. The monoisotopic (exact) mass is 382 g/mol. The Morgan fingerprint density at radius 1 is 1.18 bits per heavy atom. The molecule has 2 aliphatic rings. The first kappa shape index (κ1) is 18.5. The Morgan fingerprint density at radius 2 is 1.96 bits per heavy atom. The molecule has 146 valence electrons. The number of hydrogen-bond donors (Lipinski definition) is 0. The summed E-state index contributed by atoms with van der Waals surface area (Å²) in [5.74, 6) is 0.518. The summed E-state index contributed by atoms with van der Waals surface area (Å²) in [4.78, 5) is 29.0. The maximum atomic E-state index is 13.0. The number of amides is 2. The van der Waals surface area contributed by atoms with Gasteiger partial charge in [0.1, 0.15) is 11.6 Å². The van der Waals surface area contributed by atoms with E-state index in [1.807, 2.05) is 29.2 Å². The summed E-state index contributed by atoms with van der Waals surface area (Å²) in [7, 11) is 1.61. The Labute approximate surface area is 163 Å². The molecule has 5 nitrogen and oxygen atoms in total. The van der Waals surface area contributed by atoms with Crippen LogP contribution in [0.1, 0.15) is 18.4 Å². The summed E-state index contributed by atoms with van der Waals surface area (Å²) in [6.45, 7) is 1.85. The van der Waals surface area contributed by atoms with Crippen molar-refractivity contribution in [2.75, 3.05) is 31.6 Å². The zero-order chi connectivity index (χ0) is 19.7. The fourth-order valence-corrected chi connectivity index (χ4v) is 4.22. The number of benzene rings is 2. The second kappa shape index (κ2) is 7.26. The van der Waals surface area contributed by atoms with Crippen LogP contribution in [0.4, 0.5) is 10.1 Å². The molecule has 2 heterocycles. The molecule has 0 unspecified atom stereocenters. The van der Waals surface area contributed by atoms with Gasteiger partial charge in [-0.2, -0.15) is 0 Å². The van der Waals surface area contributed by atoms with E-state index in [-0.39, 0.29) is 29.5 Å². The Morgan fingerprint density at radius 3 is 2.71 bits per heavy atom. The summed E-state index contributed by atoms with van der Waals surface area (Å²) in [6.07, 6.45) is 1.52. The van der Waals surface area contributed by atoms with Crippen LogP contribution in [0.25, 0.3) is 0 Å². The topological polar surface area (TPSA) is 49.9 Å². The SMILES string of the molecule is COc1cccc(N2C[C@@]3(CCN(C(=O)Cc4ccc(F)cc4)C3)CC2=O)c1. The Hall–Kier alpha value is -2.89. The van der Waals surface area contributed by atoms with Crippen molar-refractivity contribution in [3.63, 3.8) is 0 Å². The maximum absolute atomic E-state index is 13.0. The molecule has 0 aliphatic carbocycles. The summed E-state index contributed by atoms with van der Waals surface area (Å²) in [5, 5.41) is 0. The first-order valence-electron chi connectivity index (χ1n) is 9.45. The van der Waals surface area contributed by atoms with E-state index >= 15 is 0 Å². The second-order valence-electron chi connectivity index (χ2n) is 7.73. The summed E-state index contributed by atoms with van der Waals surface area (Å²) < 4.78 is 18.3. The number of methoxy groups -OCH3 is 1. The molecule has 2 saturated heterocycles. The van der Waals surface area contributed by atoms with Crippen LogP contribution in [0, 0.1) is 11.2 Å². The molecular formula is C22H23FN2O3. The molecule has 2 aliphatic heterocycles. The van der Waals surface area contributed by atoms with E-state index in [4.69, 9.17) is 4.74 Å². The zero-order valence-electron chi connectivity index (χ0n) is 15.9. The summed E-state index contributed by atoms with van der Waals surface area (Å²) in [5.41, 5.74) is 1.43. The molecular weight excluding hydrogens is 359 g/mol. The molecule has 1 atom stereocenters. The van der Waals surface area contributed by atoms with Crippen molar-refractivity contribution in [1.29, 1.82) is 0 Å². The number of nitrogens with zero attached hydrogens (tertiary/aromatic N) is 2. The number of halogens is 1. The van der Waals surface area contributed by atoms with Crippen LogP contribution >= 0.6 is 0 Å². The number of anilines is 1. The van der Waals surface area contributed by atoms with Crippen molar-refractivity contribution < 1.29 is 18.7 Å². The molecule has 0 aromatic heterocycles. The van der Waals surface area contributed by atoms with Crippen molar-refractivity contribution in [2.24, 2.45) is 5.41 Å². The molecule has 0 bridgehead atoms. The van der Waals surface area contributed by atoms with Gasteiger partial charge in [0.2, 0.25) is 11.8 Å². The molecule has 28 heavy (non-hydrogen) atoms. The average molecular weight is 382 g/mol. The lowest BCUT2D eigenvalue weighted by atomic mass is 9.86. The van der Waals surface area contributed by atoms with E-state index in [2.05, 4.69) is 0 Å². The van der Waals surface area contributed by atoms with Crippen molar-refractivity contribution in [2.45, 2.75) is 19.3 Å². The fraction of sp³-hybridized carbons (Fsp3) is 0.364. The molecule has 2 fully saturated rings. The molecule has 6 heteroatoms. The lowest BCUT2D eigenvalue weighted by Crippen LogP contribution is -2.34. The van der Waals surface area contributed by atoms with Crippen LogP contribution < -0.4 is 9.64 Å². The lowest BCUT2D eigenvalue weighted by Gasteiger charge is -2.24. The third-order valence-corrected chi connectivity index (χ3v) is 5.75. The van der Waals surface area contributed by atoms with Crippen molar-refractivity contribution in [3.8, 4) is 5.75 Å². The van der Waals surface area contributed by atoms with Crippen LogP contribution in [-0.2, 0) is 16.0 Å². The van der Waals surface area contributed by atoms with E-state index in [0.29, 0.717) is 31.8 Å². The highest BCUT2D eigenvalue weighted by Crippen LogP contribution is 2.42. The predicted molar refractivity (Wildman–Crippen MR) is 104 cm³/mol. The molecule has 0 N–H and O–H groups in total. The van der Waals surface area contributed by atoms with E-state index in [0.717, 1.165) is 17.7 Å². The molecule has 1 spiro atoms. The molecule has 4 rings (SSSR count). The zero-order valence-corrected chi connectivity index (χ0v) is 15.9. The number of carbonyl (C=O) groups is 2. The number of rotatable bonds is 4. The van der Waals surface area contributed by atoms with Crippen LogP contribution in [0.15, 0.2) is 48.5 Å². The van der Waals surface area contributed by atoms with Gasteiger partial charge in [0.05, 0.1) is 13.5 Å². The Balaban J connectivity index is 1.43. The number of likely N-dealkylation sites (tertiary alicyclic amines) is 1. The van der Waals surface area contributed by atoms with E-state index in [1.165, 1.54) is 12.1 Å². The number of ether oxygens (including phenoxy) is 1. The summed E-state index contributed by atoms with van der Waals surface area (Å²) in [6, 6.07) is 13.5. The van der Waals surface area contributed by atoms with Gasteiger partial charge in [-0.05, 0) is 36.2 Å². The minimum Gasteiger partial charge on any atom is -0.497 e. The van der Waals surface area contributed by atoms with Gasteiger partial charge in [-0.15, -0.1) is 0 Å². The van der Waals surface area contributed by atoms with Crippen molar-refractivity contribution in [3.05, 3.63) is 59.9 Å². The third-order valence-electron chi connectivity index (χ3n) is 5.75. The van der Waals surface area contributed by atoms with Gasteiger partial charge in [-0.3, -0.25) is 9.59 Å². The quantitative estimate of drug-likeness (QED) is 0.817. The number of carbonyl (C=O) groups excluding carboxylic acids is 2. The van der Waals surface area contributed by atoms with E-state index in [1.54, 1.807) is 24.1 Å². The molecule has 2 amide bonds. The third kappa shape index (κ3) is 3.59. The largest absolute Gasteiger partial charge is 0.497 e. The van der Waals surface area contributed by atoms with Crippen LogP contribution in [-0.4, -0.2) is 43.5 Å². The van der Waals surface area contributed by atoms with Gasteiger partial charge in [0.15, 0.2) is 0 Å². The Kier molecular flexibility index (Phi) is 4.79. The van der Waals surface area contributed by atoms with Crippen LogP contribution in [0.2, 0.25) is 0 Å². The van der Waals surface area contributed by atoms with Crippen LogP contribution in [0.5, 0.6) is 5.75 Å². The standard InChI is InChI=1S/C22H23FN2O3/c1-28-19-4-2-3-18(12-19)25-15-22(13-21(25)27)9-10-24(14-22)20(26)11-16-5-7-17(23)8-6-16/h2-8,12H,9-11,13-15H2,1H3/t22-/m0/s1. The van der Waals surface area contributed by atoms with E-state index in [9.17, 15) is 14.0 Å². The van der Waals surface area contributed by atoms with Crippen molar-refractivity contribution in [1.82, 2.24) is 4.90 Å². The normalized spacial score (nSPS) is 21.6. The number of hydrogen-bond acceptors (Lipinski definition) is 3. The molecule has 0 saturated carbocycles. The van der Waals surface area contributed by atoms with Crippen molar-refractivity contribution >= 4 is 17.5 Å². The Bertz CT molecular complexity index is 899. The highest BCUT2D eigenvalue weighted by Gasteiger charge is 2.48. The van der Waals surface area contributed by atoms with Gasteiger partial charge < -0.3 is 14.5 Å². The smallest absolute Gasteiger partial charge is 0.227 e. The summed E-state index contributed by atoms with van der Waals surface area (Å²) >= 11 is 0.